The van der Waals surface area contributed by atoms with Crippen LogP contribution in [0.4, 0.5) is 5.69 Å². The van der Waals surface area contributed by atoms with E-state index >= 15 is 0 Å². The van der Waals surface area contributed by atoms with Crippen molar-refractivity contribution in [3.8, 4) is 0 Å². The highest BCUT2D eigenvalue weighted by molar-refractivity contribution is 5.92. The molecule has 0 aromatic carbocycles. The van der Waals surface area contributed by atoms with E-state index in [0.717, 1.165) is 31.6 Å². The first-order valence-electron chi connectivity index (χ1n) is 7.04. The molecular formula is C15H21N5O. The molecule has 2 aromatic rings. The van der Waals surface area contributed by atoms with Gasteiger partial charge in [-0.2, -0.15) is 0 Å². The van der Waals surface area contributed by atoms with Gasteiger partial charge in [0.15, 0.2) is 0 Å². The zero-order valence-electron chi connectivity index (χ0n) is 12.5. The van der Waals surface area contributed by atoms with Gasteiger partial charge in [-0.25, -0.2) is 4.98 Å². The van der Waals surface area contributed by atoms with Gasteiger partial charge in [-0.05, 0) is 25.0 Å². The van der Waals surface area contributed by atoms with E-state index in [4.69, 9.17) is 0 Å². The van der Waals surface area contributed by atoms with Crippen molar-refractivity contribution in [2.75, 3.05) is 26.0 Å². The normalized spacial score (nSPS) is 10.4. The molecule has 0 aliphatic carbocycles. The summed E-state index contributed by atoms with van der Waals surface area (Å²) in [5.74, 6) is -0.0845. The zero-order chi connectivity index (χ0) is 15.1. The van der Waals surface area contributed by atoms with E-state index in [-0.39, 0.29) is 5.91 Å². The number of unbranched alkanes of at least 4 members (excludes halogenated alkanes) is 1. The van der Waals surface area contributed by atoms with Crippen molar-refractivity contribution in [3.63, 3.8) is 0 Å². The molecule has 0 aliphatic heterocycles. The molecule has 0 saturated heterocycles. The lowest BCUT2D eigenvalue weighted by molar-refractivity contribution is 0.0822. The van der Waals surface area contributed by atoms with Crippen molar-refractivity contribution < 1.29 is 4.79 Å². The summed E-state index contributed by atoms with van der Waals surface area (Å²) in [5, 5.41) is 3.32. The lowest BCUT2D eigenvalue weighted by Crippen LogP contribution is -2.22. The molecule has 2 rings (SSSR count). The van der Waals surface area contributed by atoms with Crippen molar-refractivity contribution >= 4 is 11.6 Å². The maximum atomic E-state index is 11.8. The second-order valence-electron chi connectivity index (χ2n) is 5.06. The molecule has 0 radical (unpaired) electrons. The Balaban J connectivity index is 1.75. The molecule has 21 heavy (non-hydrogen) atoms. The Morgan fingerprint density at radius 1 is 1.33 bits per heavy atom. The van der Waals surface area contributed by atoms with Crippen LogP contribution in [-0.4, -0.2) is 46.0 Å². The number of carbonyl (C=O) groups is 1. The Kier molecular flexibility index (Phi) is 5.31. The predicted octanol–water partition coefficient (Wildman–Crippen LogP) is 1.87. The molecule has 1 amide bonds. The van der Waals surface area contributed by atoms with Gasteiger partial charge in [0, 0.05) is 51.5 Å². The predicted molar refractivity (Wildman–Crippen MR) is 82.2 cm³/mol. The van der Waals surface area contributed by atoms with Crippen molar-refractivity contribution in [2.24, 2.45) is 0 Å². The van der Waals surface area contributed by atoms with E-state index in [2.05, 4.69) is 19.9 Å². The second kappa shape index (κ2) is 7.42. The van der Waals surface area contributed by atoms with E-state index in [1.54, 1.807) is 32.6 Å². The van der Waals surface area contributed by atoms with E-state index < -0.39 is 0 Å². The largest absolute Gasteiger partial charge is 0.385 e. The van der Waals surface area contributed by atoms with Crippen LogP contribution >= 0.6 is 0 Å². The number of pyridine rings is 1. The van der Waals surface area contributed by atoms with Crippen LogP contribution in [0.3, 0.4) is 0 Å². The highest BCUT2D eigenvalue weighted by atomic mass is 16.2. The van der Waals surface area contributed by atoms with Crippen LogP contribution in [0.15, 0.2) is 37.1 Å². The molecule has 0 bridgehead atoms. The summed E-state index contributed by atoms with van der Waals surface area (Å²) >= 11 is 0. The van der Waals surface area contributed by atoms with Crippen molar-refractivity contribution in [2.45, 2.75) is 19.4 Å². The smallest absolute Gasteiger partial charge is 0.272 e. The van der Waals surface area contributed by atoms with E-state index in [1.165, 1.54) is 4.90 Å². The summed E-state index contributed by atoms with van der Waals surface area (Å²) in [4.78, 5) is 21.5. The van der Waals surface area contributed by atoms with Crippen molar-refractivity contribution in [1.29, 1.82) is 0 Å². The number of carbonyl (C=O) groups excluding carboxylic acids is 1. The minimum Gasteiger partial charge on any atom is -0.385 e. The number of aryl methyl sites for hydroxylation is 1. The monoisotopic (exact) mass is 287 g/mol. The fourth-order valence-electron chi connectivity index (χ4n) is 1.96. The minimum absolute atomic E-state index is 0.0845. The number of hydrogen-bond donors (Lipinski definition) is 1. The van der Waals surface area contributed by atoms with Crippen LogP contribution in [-0.2, 0) is 6.54 Å². The topological polar surface area (TPSA) is 63.1 Å². The van der Waals surface area contributed by atoms with Crippen LogP contribution in [0.25, 0.3) is 0 Å². The third-order valence-electron chi connectivity index (χ3n) is 3.12. The van der Waals surface area contributed by atoms with Gasteiger partial charge in [-0.15, -0.1) is 0 Å². The average molecular weight is 287 g/mol. The molecule has 6 nitrogen and oxygen atoms in total. The van der Waals surface area contributed by atoms with Crippen LogP contribution in [0.2, 0.25) is 0 Å². The van der Waals surface area contributed by atoms with Crippen molar-refractivity contribution in [3.05, 3.63) is 42.7 Å². The van der Waals surface area contributed by atoms with Gasteiger partial charge < -0.3 is 14.8 Å². The van der Waals surface area contributed by atoms with Gasteiger partial charge >= 0.3 is 0 Å². The molecule has 0 fully saturated rings. The van der Waals surface area contributed by atoms with Gasteiger partial charge in [0.05, 0.1) is 6.33 Å². The number of hydrogen-bond acceptors (Lipinski definition) is 4. The molecule has 0 atom stereocenters. The first-order chi connectivity index (χ1) is 10.2. The van der Waals surface area contributed by atoms with E-state index in [0.29, 0.717) is 5.69 Å². The van der Waals surface area contributed by atoms with Crippen LogP contribution in [0.1, 0.15) is 23.3 Å². The lowest BCUT2D eigenvalue weighted by Gasteiger charge is -2.11. The molecule has 0 saturated carbocycles. The SMILES string of the molecule is CN(C)C(=O)c1cc(NCCCCn2ccnc2)ccn1. The Morgan fingerprint density at radius 3 is 2.90 bits per heavy atom. The Hall–Kier alpha value is -2.37. The molecule has 2 aromatic heterocycles. The van der Waals surface area contributed by atoms with Gasteiger partial charge in [0.25, 0.3) is 5.91 Å². The molecule has 6 heteroatoms. The summed E-state index contributed by atoms with van der Waals surface area (Å²) in [6, 6.07) is 3.67. The quantitative estimate of drug-likeness (QED) is 0.790. The minimum atomic E-state index is -0.0845. The third kappa shape index (κ3) is 4.59. The summed E-state index contributed by atoms with van der Waals surface area (Å²) in [7, 11) is 3.44. The fraction of sp³-hybridized carbons (Fsp3) is 0.400. The first-order valence-corrected chi connectivity index (χ1v) is 7.04. The Bertz CT molecular complexity index is 565. The lowest BCUT2D eigenvalue weighted by atomic mass is 10.2. The summed E-state index contributed by atoms with van der Waals surface area (Å²) in [6.45, 7) is 1.84. The van der Waals surface area contributed by atoms with E-state index in [9.17, 15) is 4.79 Å². The number of nitrogens with one attached hydrogen (secondary N) is 1. The molecule has 112 valence electrons. The number of nitrogens with zero attached hydrogens (tertiary/aromatic N) is 4. The Labute approximate surface area is 124 Å². The van der Waals surface area contributed by atoms with Gasteiger partial charge in [0.1, 0.15) is 5.69 Å². The number of amides is 1. The second-order valence-corrected chi connectivity index (χ2v) is 5.06. The summed E-state index contributed by atoms with van der Waals surface area (Å²) in [5.41, 5.74) is 1.39. The highest BCUT2D eigenvalue weighted by Crippen LogP contribution is 2.09. The van der Waals surface area contributed by atoms with Crippen LogP contribution < -0.4 is 5.32 Å². The third-order valence-corrected chi connectivity index (χ3v) is 3.12. The number of anilines is 1. The number of rotatable bonds is 7. The van der Waals surface area contributed by atoms with Gasteiger partial charge in [0.2, 0.25) is 0 Å². The maximum Gasteiger partial charge on any atom is 0.272 e. The summed E-state index contributed by atoms with van der Waals surface area (Å²) < 4.78 is 2.07. The molecule has 0 spiro atoms. The van der Waals surface area contributed by atoms with E-state index in [1.807, 2.05) is 18.6 Å². The first kappa shape index (κ1) is 15.0. The van der Waals surface area contributed by atoms with Gasteiger partial charge in [-0.3, -0.25) is 9.78 Å². The summed E-state index contributed by atoms with van der Waals surface area (Å²) in [6.07, 6.45) is 9.38. The molecule has 2 heterocycles. The maximum absolute atomic E-state index is 11.8. The van der Waals surface area contributed by atoms with Crippen LogP contribution in [0.5, 0.6) is 0 Å². The molecule has 0 unspecified atom stereocenters. The fourth-order valence-corrected chi connectivity index (χ4v) is 1.96. The molecule has 0 aliphatic rings. The molecule has 1 N–H and O–H groups in total. The Morgan fingerprint density at radius 2 is 2.19 bits per heavy atom. The standard InChI is InChI=1S/C15H21N5O/c1-19(2)15(21)14-11-13(5-7-18-14)17-6-3-4-9-20-10-8-16-12-20/h5,7-8,10-12H,3-4,6,9H2,1-2H3,(H,17,18). The molecular weight excluding hydrogens is 266 g/mol. The zero-order valence-corrected chi connectivity index (χ0v) is 12.5. The van der Waals surface area contributed by atoms with Crippen molar-refractivity contribution in [1.82, 2.24) is 19.4 Å². The number of aromatic nitrogens is 3. The average Bonchev–Trinajstić information content (AvgIpc) is 2.99. The highest BCUT2D eigenvalue weighted by Gasteiger charge is 2.09. The van der Waals surface area contributed by atoms with Crippen LogP contribution in [0, 0.1) is 0 Å². The van der Waals surface area contributed by atoms with Gasteiger partial charge in [-0.1, -0.05) is 0 Å². The number of imidazole rings is 1.